The molecule has 0 aliphatic carbocycles. The highest BCUT2D eigenvalue weighted by Gasteiger charge is 2.35. The minimum absolute atomic E-state index is 0.0985. The molecule has 1 aliphatic heterocycles. The third-order valence-corrected chi connectivity index (χ3v) is 5.36. The van der Waals surface area contributed by atoms with Gasteiger partial charge >= 0.3 is 0 Å². The molecule has 4 atom stereocenters. The number of hydrogen-bond acceptors (Lipinski definition) is 3. The van der Waals surface area contributed by atoms with Crippen LogP contribution in [-0.2, 0) is 9.47 Å². The van der Waals surface area contributed by atoms with E-state index in [1.54, 1.807) is 0 Å². The number of hydrogen-bond donors (Lipinski definition) is 0. The molecular formula is C18H28O2S. The van der Waals surface area contributed by atoms with Gasteiger partial charge in [0.15, 0.2) is 6.29 Å². The Labute approximate surface area is 133 Å². The van der Waals surface area contributed by atoms with Gasteiger partial charge in [-0.25, -0.2) is 0 Å². The topological polar surface area (TPSA) is 18.5 Å². The van der Waals surface area contributed by atoms with E-state index in [1.165, 1.54) is 30.6 Å². The van der Waals surface area contributed by atoms with Crippen molar-refractivity contribution in [2.75, 3.05) is 0 Å². The normalized spacial score (nSPS) is 29.5. The summed E-state index contributed by atoms with van der Waals surface area (Å²) in [5.41, 5.74) is 0.187. The fraction of sp³-hybridized carbons (Fsp3) is 0.667. The molecule has 118 valence electrons. The van der Waals surface area contributed by atoms with Gasteiger partial charge < -0.3 is 9.47 Å². The van der Waals surface area contributed by atoms with Gasteiger partial charge in [0.2, 0.25) is 0 Å². The highest BCUT2D eigenvalue weighted by atomic mass is 32.2. The van der Waals surface area contributed by atoms with Crippen LogP contribution in [0, 0.1) is 5.92 Å². The second-order valence-corrected chi connectivity index (χ2v) is 7.06. The first-order valence-corrected chi connectivity index (χ1v) is 9.11. The predicted molar refractivity (Wildman–Crippen MR) is 89.4 cm³/mol. The quantitative estimate of drug-likeness (QED) is 0.622. The molecule has 2 nitrogen and oxygen atoms in total. The van der Waals surface area contributed by atoms with E-state index >= 15 is 0 Å². The molecule has 21 heavy (non-hydrogen) atoms. The summed E-state index contributed by atoms with van der Waals surface area (Å²) in [7, 11) is 0. The molecule has 1 heterocycles. The molecule has 0 N–H and O–H groups in total. The van der Waals surface area contributed by atoms with Gasteiger partial charge in [-0.3, -0.25) is 0 Å². The van der Waals surface area contributed by atoms with Crippen LogP contribution >= 0.6 is 11.8 Å². The van der Waals surface area contributed by atoms with Crippen LogP contribution in [-0.4, -0.2) is 17.8 Å². The zero-order valence-electron chi connectivity index (χ0n) is 13.5. The lowest BCUT2D eigenvalue weighted by molar-refractivity contribution is -0.236. The fourth-order valence-electron chi connectivity index (χ4n) is 2.76. The Hall–Kier alpha value is -0.510. The van der Waals surface area contributed by atoms with Crippen molar-refractivity contribution in [3.05, 3.63) is 30.3 Å². The van der Waals surface area contributed by atoms with Crippen LogP contribution in [0.25, 0.3) is 0 Å². The molecule has 1 aromatic rings. The van der Waals surface area contributed by atoms with Crippen molar-refractivity contribution in [1.82, 2.24) is 0 Å². The van der Waals surface area contributed by atoms with E-state index in [4.69, 9.17) is 9.47 Å². The summed E-state index contributed by atoms with van der Waals surface area (Å²) in [6.07, 6.45) is 6.57. The zero-order valence-corrected chi connectivity index (χ0v) is 14.3. The molecule has 0 saturated carbocycles. The Bertz CT molecular complexity index is 395. The van der Waals surface area contributed by atoms with E-state index in [2.05, 4.69) is 44.2 Å². The largest absolute Gasteiger partial charge is 0.349 e. The molecule has 0 amide bonds. The Balaban J connectivity index is 1.89. The van der Waals surface area contributed by atoms with E-state index in [1.807, 2.05) is 18.7 Å². The van der Waals surface area contributed by atoms with Crippen molar-refractivity contribution >= 4 is 11.8 Å². The second kappa shape index (κ2) is 8.82. The summed E-state index contributed by atoms with van der Waals surface area (Å²) in [4.78, 5) is 1.27. The Morgan fingerprint density at radius 1 is 1.00 bits per heavy atom. The summed E-state index contributed by atoms with van der Waals surface area (Å²) < 4.78 is 12.0. The number of unbranched alkanes of at least 4 members (excludes halogenated alkanes) is 3. The molecule has 1 aliphatic rings. The third kappa shape index (κ3) is 5.32. The maximum atomic E-state index is 6.01. The molecule has 1 fully saturated rings. The van der Waals surface area contributed by atoms with Gasteiger partial charge in [-0.2, -0.15) is 0 Å². The highest BCUT2D eigenvalue weighted by Crippen LogP contribution is 2.37. The molecule has 0 spiro atoms. The number of ether oxygens (including phenoxy) is 2. The second-order valence-electron chi connectivity index (χ2n) is 5.89. The van der Waals surface area contributed by atoms with Crippen molar-refractivity contribution in [3.63, 3.8) is 0 Å². The minimum Gasteiger partial charge on any atom is -0.349 e. The van der Waals surface area contributed by atoms with Gasteiger partial charge in [0, 0.05) is 10.8 Å². The number of thioether (sulfide) groups is 1. The molecular weight excluding hydrogens is 280 g/mol. The molecule has 1 aromatic carbocycles. The van der Waals surface area contributed by atoms with Crippen LogP contribution in [0.15, 0.2) is 35.2 Å². The van der Waals surface area contributed by atoms with Crippen molar-refractivity contribution in [1.29, 1.82) is 0 Å². The lowest BCUT2D eigenvalue weighted by Crippen LogP contribution is -2.42. The molecule has 1 unspecified atom stereocenters. The van der Waals surface area contributed by atoms with Crippen molar-refractivity contribution in [3.8, 4) is 0 Å². The molecule has 1 saturated heterocycles. The van der Waals surface area contributed by atoms with Crippen LogP contribution in [0.1, 0.15) is 52.9 Å². The SMILES string of the molecule is CCCCCC[C@@H]1O[C@H](C)OC(Sc2ccccc2)[C@H]1C. The smallest absolute Gasteiger partial charge is 0.156 e. The Kier molecular flexibility index (Phi) is 7.08. The number of rotatable bonds is 7. The van der Waals surface area contributed by atoms with E-state index in [-0.39, 0.29) is 11.7 Å². The van der Waals surface area contributed by atoms with Crippen LogP contribution in [0.3, 0.4) is 0 Å². The van der Waals surface area contributed by atoms with E-state index in [0.29, 0.717) is 12.0 Å². The van der Waals surface area contributed by atoms with Gasteiger partial charge in [-0.1, -0.05) is 69.5 Å². The standard InChI is InChI=1S/C18H28O2S/c1-4-5-6-10-13-17-14(2)18(20-15(3)19-17)21-16-11-8-7-9-12-16/h7-9,11-12,14-15,17-18H,4-6,10,13H2,1-3H3/t14-,15-,17-,18?/m0/s1. The zero-order chi connectivity index (χ0) is 15.1. The summed E-state index contributed by atoms with van der Waals surface area (Å²) in [6, 6.07) is 10.5. The van der Waals surface area contributed by atoms with Crippen molar-refractivity contribution < 1.29 is 9.47 Å². The van der Waals surface area contributed by atoms with Crippen LogP contribution in [0.4, 0.5) is 0 Å². The molecule has 2 rings (SSSR count). The summed E-state index contributed by atoms with van der Waals surface area (Å²) in [5, 5.41) is 0. The van der Waals surface area contributed by atoms with Gasteiger partial charge in [-0.05, 0) is 25.5 Å². The Morgan fingerprint density at radius 3 is 2.48 bits per heavy atom. The van der Waals surface area contributed by atoms with Crippen LogP contribution in [0.2, 0.25) is 0 Å². The molecule has 0 aromatic heterocycles. The van der Waals surface area contributed by atoms with Gasteiger partial charge in [-0.15, -0.1) is 0 Å². The maximum Gasteiger partial charge on any atom is 0.156 e. The van der Waals surface area contributed by atoms with E-state index < -0.39 is 0 Å². The van der Waals surface area contributed by atoms with E-state index in [0.717, 1.165) is 6.42 Å². The average Bonchev–Trinajstić information content (AvgIpc) is 2.49. The monoisotopic (exact) mass is 308 g/mol. The highest BCUT2D eigenvalue weighted by molar-refractivity contribution is 7.99. The van der Waals surface area contributed by atoms with Gasteiger partial charge in [0.1, 0.15) is 5.44 Å². The number of benzene rings is 1. The lowest BCUT2D eigenvalue weighted by atomic mass is 9.98. The molecule has 3 heteroatoms. The predicted octanol–water partition coefficient (Wildman–Crippen LogP) is 5.47. The summed E-state index contributed by atoms with van der Waals surface area (Å²) in [5.74, 6) is 0.424. The van der Waals surface area contributed by atoms with Crippen LogP contribution < -0.4 is 0 Å². The summed E-state index contributed by atoms with van der Waals surface area (Å²) in [6.45, 7) is 6.53. The van der Waals surface area contributed by atoms with Crippen LogP contribution in [0.5, 0.6) is 0 Å². The minimum atomic E-state index is -0.0985. The molecule has 0 radical (unpaired) electrons. The first kappa shape index (κ1) is 16.9. The third-order valence-electron chi connectivity index (χ3n) is 4.05. The average molecular weight is 308 g/mol. The first-order chi connectivity index (χ1) is 10.2. The first-order valence-electron chi connectivity index (χ1n) is 8.23. The maximum absolute atomic E-state index is 6.01. The Morgan fingerprint density at radius 2 is 1.76 bits per heavy atom. The van der Waals surface area contributed by atoms with Gasteiger partial charge in [0.05, 0.1) is 6.10 Å². The van der Waals surface area contributed by atoms with Gasteiger partial charge in [0.25, 0.3) is 0 Å². The van der Waals surface area contributed by atoms with Crippen molar-refractivity contribution in [2.24, 2.45) is 5.92 Å². The van der Waals surface area contributed by atoms with Crippen molar-refractivity contribution in [2.45, 2.75) is 75.6 Å². The molecule has 0 bridgehead atoms. The lowest BCUT2D eigenvalue weighted by Gasteiger charge is -2.39. The fourth-order valence-corrected chi connectivity index (χ4v) is 3.95. The summed E-state index contributed by atoms with van der Waals surface area (Å²) >= 11 is 1.82. The van der Waals surface area contributed by atoms with E-state index in [9.17, 15) is 0 Å².